The van der Waals surface area contributed by atoms with Gasteiger partial charge >= 0.3 is 11.6 Å². The summed E-state index contributed by atoms with van der Waals surface area (Å²) in [7, 11) is 0. The van der Waals surface area contributed by atoms with E-state index in [4.69, 9.17) is 14.3 Å². The number of ether oxygens (including phenoxy) is 1. The molecule has 1 amide bonds. The summed E-state index contributed by atoms with van der Waals surface area (Å²) in [5.41, 5.74) is 0.677. The van der Waals surface area contributed by atoms with E-state index in [1.807, 2.05) is 0 Å². The number of rotatable bonds is 5. The zero-order valence-corrected chi connectivity index (χ0v) is 13.0. The largest absolute Gasteiger partial charge is 0.481 e. The Hall–Kier alpha value is -2.83. The van der Waals surface area contributed by atoms with Gasteiger partial charge in [0.15, 0.2) is 6.10 Å². The Labute approximate surface area is 131 Å². The molecule has 0 fully saturated rings. The number of carboxylic acids is 1. The Kier molecular flexibility index (Phi) is 4.68. The van der Waals surface area contributed by atoms with Gasteiger partial charge in [-0.1, -0.05) is 0 Å². The predicted octanol–water partition coefficient (Wildman–Crippen LogP) is 1.46. The number of hydrogen-bond acceptors (Lipinski definition) is 5. The number of carbonyl (C=O) groups excluding carboxylic acids is 1. The SMILES string of the molecule is Cc1cc(=O)oc2cc(O[C@@H](C)C(=O)N[C@H](C)C(=O)O)ccc12. The summed E-state index contributed by atoms with van der Waals surface area (Å²) < 4.78 is 10.6. The van der Waals surface area contributed by atoms with E-state index >= 15 is 0 Å². The molecule has 0 radical (unpaired) electrons. The zero-order chi connectivity index (χ0) is 17.1. The molecule has 23 heavy (non-hydrogen) atoms. The van der Waals surface area contributed by atoms with E-state index in [0.717, 1.165) is 10.9 Å². The van der Waals surface area contributed by atoms with Crippen LogP contribution in [0.25, 0.3) is 11.0 Å². The summed E-state index contributed by atoms with van der Waals surface area (Å²) >= 11 is 0. The van der Waals surface area contributed by atoms with Crippen LogP contribution in [0.2, 0.25) is 0 Å². The molecular weight excluding hydrogens is 302 g/mol. The number of nitrogens with one attached hydrogen (secondary N) is 1. The summed E-state index contributed by atoms with van der Waals surface area (Å²) in [6, 6.07) is 5.29. The van der Waals surface area contributed by atoms with Crippen molar-refractivity contribution in [2.24, 2.45) is 0 Å². The Morgan fingerprint density at radius 2 is 1.96 bits per heavy atom. The van der Waals surface area contributed by atoms with Crippen molar-refractivity contribution in [3.63, 3.8) is 0 Å². The van der Waals surface area contributed by atoms with Gasteiger partial charge in [-0.3, -0.25) is 9.59 Å². The molecule has 1 aromatic carbocycles. The van der Waals surface area contributed by atoms with Crippen LogP contribution in [0.1, 0.15) is 19.4 Å². The highest BCUT2D eigenvalue weighted by molar-refractivity contribution is 5.86. The minimum absolute atomic E-state index is 0.344. The quantitative estimate of drug-likeness (QED) is 0.808. The number of carbonyl (C=O) groups is 2. The zero-order valence-electron chi connectivity index (χ0n) is 13.0. The van der Waals surface area contributed by atoms with Crippen LogP contribution in [-0.2, 0) is 9.59 Å². The van der Waals surface area contributed by atoms with E-state index < -0.39 is 29.6 Å². The second-order valence-corrected chi connectivity index (χ2v) is 5.24. The molecule has 0 bridgehead atoms. The van der Waals surface area contributed by atoms with Crippen molar-refractivity contribution in [1.29, 1.82) is 0 Å². The highest BCUT2D eigenvalue weighted by Crippen LogP contribution is 2.22. The lowest BCUT2D eigenvalue weighted by Gasteiger charge is -2.16. The molecule has 2 rings (SSSR count). The van der Waals surface area contributed by atoms with E-state index in [0.29, 0.717) is 11.3 Å². The Morgan fingerprint density at radius 1 is 1.26 bits per heavy atom. The molecule has 0 spiro atoms. The molecule has 2 aromatic rings. The third-order valence-corrected chi connectivity index (χ3v) is 3.33. The van der Waals surface area contributed by atoms with Gasteiger partial charge in [-0.25, -0.2) is 4.79 Å². The van der Waals surface area contributed by atoms with Crippen molar-refractivity contribution in [1.82, 2.24) is 5.32 Å². The van der Waals surface area contributed by atoms with Gasteiger partial charge in [0.05, 0.1) is 0 Å². The lowest BCUT2D eigenvalue weighted by atomic mass is 10.1. The lowest BCUT2D eigenvalue weighted by Crippen LogP contribution is -2.44. The van der Waals surface area contributed by atoms with Gasteiger partial charge in [0.1, 0.15) is 17.4 Å². The van der Waals surface area contributed by atoms with E-state index in [-0.39, 0.29) is 0 Å². The normalized spacial score (nSPS) is 13.3. The van der Waals surface area contributed by atoms with Crippen LogP contribution >= 0.6 is 0 Å². The summed E-state index contributed by atoms with van der Waals surface area (Å²) in [6.45, 7) is 4.66. The van der Waals surface area contributed by atoms with Crippen LogP contribution in [0.5, 0.6) is 5.75 Å². The first-order valence-corrected chi connectivity index (χ1v) is 7.02. The summed E-state index contributed by atoms with van der Waals surface area (Å²) in [5, 5.41) is 11.9. The Bertz CT molecular complexity index is 810. The van der Waals surface area contributed by atoms with Crippen molar-refractivity contribution in [2.45, 2.75) is 32.9 Å². The molecule has 2 atom stereocenters. The topological polar surface area (TPSA) is 106 Å². The van der Waals surface area contributed by atoms with Crippen LogP contribution in [-0.4, -0.2) is 29.1 Å². The van der Waals surface area contributed by atoms with Gasteiger partial charge < -0.3 is 19.6 Å². The van der Waals surface area contributed by atoms with Crippen molar-refractivity contribution in [2.75, 3.05) is 0 Å². The molecule has 0 aliphatic rings. The third kappa shape index (κ3) is 3.88. The van der Waals surface area contributed by atoms with Gasteiger partial charge in [-0.05, 0) is 38.5 Å². The van der Waals surface area contributed by atoms with E-state index in [2.05, 4.69) is 5.32 Å². The number of aryl methyl sites for hydroxylation is 1. The fourth-order valence-electron chi connectivity index (χ4n) is 2.03. The molecule has 7 heteroatoms. The molecule has 1 aromatic heterocycles. The number of carboxylic acid groups (broad SMARTS) is 1. The van der Waals surface area contributed by atoms with Crippen LogP contribution in [0.4, 0.5) is 0 Å². The fraction of sp³-hybridized carbons (Fsp3) is 0.312. The van der Waals surface area contributed by atoms with Gasteiger partial charge in [0.25, 0.3) is 5.91 Å². The van der Waals surface area contributed by atoms with Gasteiger partial charge in [0.2, 0.25) is 0 Å². The number of aliphatic carboxylic acids is 1. The second kappa shape index (κ2) is 6.51. The molecule has 2 N–H and O–H groups in total. The molecule has 0 unspecified atom stereocenters. The van der Waals surface area contributed by atoms with Crippen molar-refractivity contribution in [3.05, 3.63) is 40.2 Å². The monoisotopic (exact) mass is 319 g/mol. The van der Waals surface area contributed by atoms with Crippen LogP contribution in [0.3, 0.4) is 0 Å². The summed E-state index contributed by atoms with van der Waals surface area (Å²) in [4.78, 5) is 34.0. The smallest absolute Gasteiger partial charge is 0.336 e. The number of amides is 1. The van der Waals surface area contributed by atoms with Crippen molar-refractivity contribution < 1.29 is 23.8 Å². The minimum Gasteiger partial charge on any atom is -0.481 e. The highest BCUT2D eigenvalue weighted by atomic mass is 16.5. The van der Waals surface area contributed by atoms with Crippen LogP contribution in [0.15, 0.2) is 33.5 Å². The minimum atomic E-state index is -1.13. The Balaban J connectivity index is 2.16. The van der Waals surface area contributed by atoms with Gasteiger partial charge in [0, 0.05) is 17.5 Å². The first-order valence-electron chi connectivity index (χ1n) is 7.02. The Morgan fingerprint density at radius 3 is 2.61 bits per heavy atom. The van der Waals surface area contributed by atoms with Gasteiger partial charge in [-0.15, -0.1) is 0 Å². The van der Waals surface area contributed by atoms with Crippen LogP contribution < -0.4 is 15.7 Å². The average molecular weight is 319 g/mol. The molecule has 0 aliphatic heterocycles. The molecule has 0 saturated carbocycles. The number of benzene rings is 1. The third-order valence-electron chi connectivity index (χ3n) is 3.33. The van der Waals surface area contributed by atoms with Crippen molar-refractivity contribution >= 4 is 22.8 Å². The molecule has 0 aliphatic carbocycles. The average Bonchev–Trinajstić information content (AvgIpc) is 2.46. The maximum Gasteiger partial charge on any atom is 0.336 e. The number of fused-ring (bicyclic) bond motifs is 1. The van der Waals surface area contributed by atoms with E-state index in [9.17, 15) is 14.4 Å². The maximum atomic E-state index is 11.9. The summed E-state index contributed by atoms with van der Waals surface area (Å²) in [5.74, 6) is -1.34. The summed E-state index contributed by atoms with van der Waals surface area (Å²) in [6.07, 6.45) is -0.897. The molecule has 0 saturated heterocycles. The predicted molar refractivity (Wildman–Crippen MR) is 82.6 cm³/mol. The first kappa shape index (κ1) is 16.5. The maximum absolute atomic E-state index is 11.9. The lowest BCUT2D eigenvalue weighted by molar-refractivity contribution is -0.142. The molecule has 1 heterocycles. The molecule has 7 nitrogen and oxygen atoms in total. The van der Waals surface area contributed by atoms with Gasteiger partial charge in [-0.2, -0.15) is 0 Å². The van der Waals surface area contributed by atoms with E-state index in [1.54, 1.807) is 19.1 Å². The van der Waals surface area contributed by atoms with Crippen LogP contribution in [0, 0.1) is 6.92 Å². The van der Waals surface area contributed by atoms with E-state index in [1.165, 1.54) is 26.0 Å². The highest BCUT2D eigenvalue weighted by Gasteiger charge is 2.20. The molecule has 122 valence electrons. The molecular formula is C16H17NO6. The fourth-order valence-corrected chi connectivity index (χ4v) is 2.03. The second-order valence-electron chi connectivity index (χ2n) is 5.24. The standard InChI is InChI=1S/C16H17NO6/c1-8-6-14(18)23-13-7-11(4-5-12(8)13)22-10(3)15(19)17-9(2)16(20)21/h4-7,9-10H,1-3H3,(H,17,19)(H,20,21)/t9-,10+/m1/s1. The van der Waals surface area contributed by atoms with Crippen molar-refractivity contribution in [3.8, 4) is 5.75 Å². The number of hydrogen-bond donors (Lipinski definition) is 2. The first-order chi connectivity index (χ1) is 10.8.